The van der Waals surface area contributed by atoms with Crippen LogP contribution in [0.3, 0.4) is 0 Å². The first-order chi connectivity index (χ1) is 15.2. The fraction of sp³-hybridized carbons (Fsp3) is 0.524. The third-order valence-electron chi connectivity index (χ3n) is 5.47. The number of carbonyl (C=O) groups is 2. The van der Waals surface area contributed by atoms with Crippen molar-refractivity contribution in [2.45, 2.75) is 13.0 Å². The van der Waals surface area contributed by atoms with Crippen molar-refractivity contribution < 1.29 is 32.4 Å². The van der Waals surface area contributed by atoms with Gasteiger partial charge in [0.25, 0.3) is 0 Å². The lowest BCUT2D eigenvalue weighted by atomic mass is 10.2. The van der Waals surface area contributed by atoms with Crippen molar-refractivity contribution in [1.82, 2.24) is 5.32 Å². The summed E-state index contributed by atoms with van der Waals surface area (Å²) in [6.45, 7) is 2.48. The number of amides is 2. The minimum absolute atomic E-state index is 0.0346. The number of ether oxygens (including phenoxy) is 2. The highest BCUT2D eigenvalue weighted by molar-refractivity contribution is 7.64. The van der Waals surface area contributed by atoms with Gasteiger partial charge in [0.2, 0.25) is 5.91 Å². The van der Waals surface area contributed by atoms with E-state index in [1.54, 1.807) is 0 Å². The van der Waals surface area contributed by atoms with Gasteiger partial charge in [-0.15, -0.1) is 6.42 Å². The summed E-state index contributed by atoms with van der Waals surface area (Å²) in [5.41, 5.74) is -0.168. The van der Waals surface area contributed by atoms with Crippen LogP contribution in [0.1, 0.15) is 6.92 Å². The van der Waals surface area contributed by atoms with Gasteiger partial charge in [-0.3, -0.25) is 9.69 Å². The van der Waals surface area contributed by atoms with E-state index in [0.29, 0.717) is 25.1 Å². The molecule has 2 fully saturated rings. The van der Waals surface area contributed by atoms with Gasteiger partial charge in [0, 0.05) is 50.6 Å². The molecule has 174 valence electrons. The van der Waals surface area contributed by atoms with Crippen LogP contribution in [0.2, 0.25) is 0 Å². The van der Waals surface area contributed by atoms with E-state index in [4.69, 9.17) is 15.9 Å². The van der Waals surface area contributed by atoms with Crippen LogP contribution in [-0.2, 0) is 18.8 Å². The molecule has 0 radical (unpaired) electrons. The maximum atomic E-state index is 14.9. The van der Waals surface area contributed by atoms with Crippen molar-refractivity contribution in [3.8, 4) is 12.3 Å². The lowest BCUT2D eigenvalue weighted by molar-refractivity contribution is -0.119. The van der Waals surface area contributed by atoms with Crippen molar-refractivity contribution in [1.29, 1.82) is 0 Å². The van der Waals surface area contributed by atoms with Crippen LogP contribution in [0, 0.1) is 24.0 Å². The molecule has 1 N–H and O–H groups in total. The summed E-state index contributed by atoms with van der Waals surface area (Å²) in [6.07, 6.45) is 4.82. The van der Waals surface area contributed by atoms with E-state index in [-0.39, 0.29) is 50.1 Å². The van der Waals surface area contributed by atoms with Crippen LogP contribution in [-0.4, -0.2) is 76.0 Å². The first kappa shape index (κ1) is 24.0. The summed E-state index contributed by atoms with van der Waals surface area (Å²) in [4.78, 5) is 25.8. The number of halogens is 2. The second-order valence-corrected chi connectivity index (χ2v) is 11.2. The lowest BCUT2D eigenvalue weighted by Gasteiger charge is -2.34. The fourth-order valence-electron chi connectivity index (χ4n) is 3.75. The van der Waals surface area contributed by atoms with E-state index in [1.807, 2.05) is 0 Å². The summed E-state index contributed by atoms with van der Waals surface area (Å²) in [6, 6.07) is 2.17. The Bertz CT molecular complexity index is 932. The van der Waals surface area contributed by atoms with Crippen LogP contribution < -0.4 is 15.1 Å². The van der Waals surface area contributed by atoms with Gasteiger partial charge in [0.05, 0.1) is 32.5 Å². The number of terminal acetylenes is 1. The number of anilines is 2. The molecule has 3 rings (SSSR count). The zero-order chi connectivity index (χ0) is 23.3. The second-order valence-electron chi connectivity index (χ2n) is 7.78. The minimum atomic E-state index is -2.48. The molecule has 8 nitrogen and oxygen atoms in total. The topological polar surface area (TPSA) is 88.2 Å². The highest BCUT2D eigenvalue weighted by Gasteiger charge is 2.35. The van der Waals surface area contributed by atoms with Gasteiger partial charge >= 0.3 is 6.09 Å². The Kier molecular flexibility index (Phi) is 7.75. The highest BCUT2D eigenvalue weighted by atomic mass is 31.2. The van der Waals surface area contributed by atoms with Crippen LogP contribution >= 0.6 is 7.14 Å². The zero-order valence-corrected chi connectivity index (χ0v) is 18.7. The summed E-state index contributed by atoms with van der Waals surface area (Å²) < 4.78 is 53.0. The molecular formula is C21H26F2N3O5P. The molecule has 32 heavy (non-hydrogen) atoms. The third-order valence-corrected chi connectivity index (χ3v) is 8.49. The molecule has 0 unspecified atom stereocenters. The molecule has 2 amide bonds. The van der Waals surface area contributed by atoms with Crippen molar-refractivity contribution in [3.63, 3.8) is 0 Å². The molecule has 0 aliphatic carbocycles. The Morgan fingerprint density at radius 1 is 1.34 bits per heavy atom. The van der Waals surface area contributed by atoms with E-state index in [1.165, 1.54) is 11.8 Å². The first-order valence-corrected chi connectivity index (χ1v) is 12.5. The maximum absolute atomic E-state index is 14.9. The monoisotopic (exact) mass is 469 g/mol. The van der Waals surface area contributed by atoms with E-state index in [0.717, 1.165) is 17.0 Å². The minimum Gasteiger partial charge on any atom is -0.442 e. The SMILES string of the molecule is C#CCOCCP1(=O)CCN(c2c(F)cc(N3C[C@H](CNC(C)=O)OC3=O)cc2F)CC1. The van der Waals surface area contributed by atoms with E-state index >= 15 is 0 Å². The molecule has 1 aromatic rings. The predicted octanol–water partition coefficient (Wildman–Crippen LogP) is 2.26. The normalized spacial score (nSPS) is 20.1. The molecule has 1 aromatic carbocycles. The number of nitrogens with one attached hydrogen (secondary N) is 1. The molecule has 2 heterocycles. The van der Waals surface area contributed by atoms with Crippen molar-refractivity contribution in [2.24, 2.45) is 0 Å². The van der Waals surface area contributed by atoms with Gasteiger partial charge in [0.1, 0.15) is 18.4 Å². The van der Waals surface area contributed by atoms with E-state index in [2.05, 4.69) is 11.2 Å². The Morgan fingerprint density at radius 2 is 2.00 bits per heavy atom. The second kappa shape index (κ2) is 10.3. The average molecular weight is 469 g/mol. The summed E-state index contributed by atoms with van der Waals surface area (Å²) in [7, 11) is -2.48. The van der Waals surface area contributed by atoms with Gasteiger partial charge in [-0.2, -0.15) is 0 Å². The van der Waals surface area contributed by atoms with Gasteiger partial charge < -0.3 is 24.3 Å². The van der Waals surface area contributed by atoms with Crippen LogP contribution in [0.15, 0.2) is 12.1 Å². The highest BCUT2D eigenvalue weighted by Crippen LogP contribution is 2.48. The molecule has 2 aliphatic rings. The molecule has 11 heteroatoms. The fourth-order valence-corrected chi connectivity index (χ4v) is 6.09. The lowest BCUT2D eigenvalue weighted by Crippen LogP contribution is -2.37. The summed E-state index contributed by atoms with van der Waals surface area (Å²) in [5.74, 6) is 0.450. The van der Waals surface area contributed by atoms with Gasteiger partial charge in [-0.25, -0.2) is 13.6 Å². The first-order valence-electron chi connectivity index (χ1n) is 10.3. The van der Waals surface area contributed by atoms with E-state index < -0.39 is 31.0 Å². The Labute approximate surface area is 185 Å². The number of cyclic esters (lactones) is 1. The molecule has 0 aromatic heterocycles. The molecule has 0 saturated carbocycles. The van der Waals surface area contributed by atoms with Crippen LogP contribution in [0.25, 0.3) is 0 Å². The quantitative estimate of drug-likeness (QED) is 0.357. The zero-order valence-electron chi connectivity index (χ0n) is 17.8. The largest absolute Gasteiger partial charge is 0.442 e. The van der Waals surface area contributed by atoms with Crippen LogP contribution in [0.5, 0.6) is 0 Å². The Morgan fingerprint density at radius 3 is 2.59 bits per heavy atom. The third kappa shape index (κ3) is 5.78. The van der Waals surface area contributed by atoms with Crippen molar-refractivity contribution in [3.05, 3.63) is 23.8 Å². The van der Waals surface area contributed by atoms with Crippen molar-refractivity contribution >= 4 is 30.5 Å². The Hall–Kier alpha value is -2.63. The van der Waals surface area contributed by atoms with E-state index in [9.17, 15) is 22.9 Å². The molecule has 0 bridgehead atoms. The standard InChI is InChI=1S/C21H26F2N3O5P/c1-3-6-30-7-10-32(29)8-4-25(5-9-32)20-18(22)11-16(12-19(20)23)26-14-17(31-21(26)28)13-24-15(2)27/h1,11-12,17H,4-10,13-14H2,2H3,(H,24,27)/t17-/m0/s1. The number of hydrogen-bond donors (Lipinski definition) is 1. The molecular weight excluding hydrogens is 443 g/mol. The number of carbonyl (C=O) groups excluding carboxylic acids is 2. The number of nitrogens with zero attached hydrogens (tertiary/aromatic N) is 2. The van der Waals surface area contributed by atoms with Gasteiger partial charge in [-0.05, 0) is 0 Å². The van der Waals surface area contributed by atoms with Crippen LogP contribution in [0.4, 0.5) is 25.0 Å². The van der Waals surface area contributed by atoms with Gasteiger partial charge in [0.15, 0.2) is 11.6 Å². The number of rotatable bonds is 8. The van der Waals surface area contributed by atoms with Gasteiger partial charge in [-0.1, -0.05) is 5.92 Å². The molecule has 0 spiro atoms. The predicted molar refractivity (Wildman–Crippen MR) is 117 cm³/mol. The smallest absolute Gasteiger partial charge is 0.414 e. The Balaban J connectivity index is 1.64. The maximum Gasteiger partial charge on any atom is 0.414 e. The molecule has 1 atom stereocenters. The number of benzene rings is 1. The van der Waals surface area contributed by atoms with Crippen molar-refractivity contribution in [2.75, 3.05) is 67.7 Å². The summed E-state index contributed by atoms with van der Waals surface area (Å²) >= 11 is 0. The summed E-state index contributed by atoms with van der Waals surface area (Å²) in [5, 5.41) is 2.54. The molecule has 2 aliphatic heterocycles. The molecule has 2 saturated heterocycles. The average Bonchev–Trinajstić information content (AvgIpc) is 3.11. The number of hydrogen-bond acceptors (Lipinski definition) is 6.